The van der Waals surface area contributed by atoms with Gasteiger partial charge in [-0.1, -0.05) is 41.9 Å². The highest BCUT2D eigenvalue weighted by molar-refractivity contribution is 9.10. The third-order valence-electron chi connectivity index (χ3n) is 4.83. The molecule has 6 nitrogen and oxygen atoms in total. The highest BCUT2D eigenvalue weighted by Gasteiger charge is 2.23. The van der Waals surface area contributed by atoms with Crippen molar-refractivity contribution >= 4 is 27.4 Å². The van der Waals surface area contributed by atoms with Gasteiger partial charge in [-0.25, -0.2) is 9.50 Å². The zero-order valence-corrected chi connectivity index (χ0v) is 16.6. The van der Waals surface area contributed by atoms with E-state index in [-0.39, 0.29) is 11.5 Å². The Hall–Kier alpha value is -2.15. The molecular weight excluding hydrogens is 394 g/mol. The lowest BCUT2D eigenvalue weighted by Crippen LogP contribution is -2.40. The van der Waals surface area contributed by atoms with E-state index in [0.717, 1.165) is 42.2 Å². The fraction of sp³-hybridized carbons (Fsp3) is 0.421. The summed E-state index contributed by atoms with van der Waals surface area (Å²) in [7, 11) is 0. The Labute approximate surface area is 160 Å². The van der Waals surface area contributed by atoms with Crippen molar-refractivity contribution in [1.82, 2.24) is 19.2 Å². The summed E-state index contributed by atoms with van der Waals surface area (Å²) in [6.07, 6.45) is 3.52. The van der Waals surface area contributed by atoms with E-state index in [0.29, 0.717) is 12.1 Å². The molecule has 1 aliphatic heterocycles. The van der Waals surface area contributed by atoms with Crippen LogP contribution in [0.15, 0.2) is 39.7 Å². The molecule has 7 heteroatoms. The Balaban J connectivity index is 1.70. The molecular formula is C19H22BrN5O. The van der Waals surface area contributed by atoms with Crippen molar-refractivity contribution < 1.29 is 0 Å². The molecule has 0 fully saturated rings. The van der Waals surface area contributed by atoms with Crippen molar-refractivity contribution in [2.45, 2.75) is 39.2 Å². The molecule has 2 aromatic heterocycles. The second-order valence-corrected chi connectivity index (χ2v) is 7.96. The van der Waals surface area contributed by atoms with E-state index in [4.69, 9.17) is 5.10 Å². The maximum absolute atomic E-state index is 12.9. The molecule has 3 heterocycles. The topological polar surface area (TPSA) is 55.4 Å². The predicted molar refractivity (Wildman–Crippen MR) is 106 cm³/mol. The molecule has 0 bridgehead atoms. The van der Waals surface area contributed by atoms with Crippen molar-refractivity contribution in [3.63, 3.8) is 0 Å². The van der Waals surface area contributed by atoms with Gasteiger partial charge in [-0.2, -0.15) is 0 Å². The molecule has 4 rings (SSSR count). The van der Waals surface area contributed by atoms with E-state index in [1.165, 1.54) is 5.56 Å². The highest BCUT2D eigenvalue weighted by Crippen LogP contribution is 2.20. The van der Waals surface area contributed by atoms with Crippen LogP contribution in [0, 0.1) is 0 Å². The second-order valence-electron chi connectivity index (χ2n) is 7.05. The summed E-state index contributed by atoms with van der Waals surface area (Å²) in [5.74, 6) is 1.80. The number of imidazole rings is 1. The molecule has 0 atom stereocenters. The number of hydrogen-bond acceptors (Lipinski definition) is 4. The number of halogens is 1. The Morgan fingerprint density at radius 3 is 2.88 bits per heavy atom. The van der Waals surface area contributed by atoms with Gasteiger partial charge in [0.05, 0.1) is 6.20 Å². The number of benzene rings is 1. The summed E-state index contributed by atoms with van der Waals surface area (Å²) >= 11 is 3.53. The first-order chi connectivity index (χ1) is 12.5. The number of hydrogen-bond donors (Lipinski definition) is 0. The fourth-order valence-electron chi connectivity index (χ4n) is 3.50. The van der Waals surface area contributed by atoms with Gasteiger partial charge in [0, 0.05) is 30.0 Å². The summed E-state index contributed by atoms with van der Waals surface area (Å²) in [5, 5.41) is 4.80. The van der Waals surface area contributed by atoms with Crippen LogP contribution in [0.3, 0.4) is 0 Å². The van der Waals surface area contributed by atoms with Gasteiger partial charge in [0.1, 0.15) is 5.82 Å². The van der Waals surface area contributed by atoms with Crippen molar-refractivity contribution in [2.24, 2.45) is 0 Å². The summed E-state index contributed by atoms with van der Waals surface area (Å²) in [6.45, 7) is 6.60. The third kappa shape index (κ3) is 3.05. The summed E-state index contributed by atoms with van der Waals surface area (Å²) < 4.78 is 4.62. The van der Waals surface area contributed by atoms with E-state index < -0.39 is 0 Å². The standard InChI is InChI=1S/C19H22BrN5O/c1-13(2)17-21-12-16-18(26)24-9-4-8-23(19(24)22-25(16)17)10-7-14-5-3-6-15(20)11-14/h3,5-6,11-13H,4,7-10H2,1-2H3. The molecule has 26 heavy (non-hydrogen) atoms. The van der Waals surface area contributed by atoms with Gasteiger partial charge in [-0.15, -0.1) is 5.10 Å². The lowest BCUT2D eigenvalue weighted by atomic mass is 10.1. The summed E-state index contributed by atoms with van der Waals surface area (Å²) in [5.41, 5.74) is 1.83. The Kier molecular flexibility index (Phi) is 4.56. The average Bonchev–Trinajstić information content (AvgIpc) is 3.05. The van der Waals surface area contributed by atoms with Crippen LogP contribution in [0.5, 0.6) is 0 Å². The first-order valence-electron chi connectivity index (χ1n) is 9.02. The zero-order valence-electron chi connectivity index (χ0n) is 15.0. The molecule has 1 aromatic carbocycles. The molecule has 0 saturated heterocycles. The van der Waals surface area contributed by atoms with Gasteiger partial charge in [0.2, 0.25) is 5.95 Å². The van der Waals surface area contributed by atoms with Gasteiger partial charge >= 0.3 is 0 Å². The highest BCUT2D eigenvalue weighted by atomic mass is 79.9. The molecule has 0 unspecified atom stereocenters. The number of anilines is 1. The van der Waals surface area contributed by atoms with Crippen LogP contribution in [-0.2, 0) is 13.0 Å². The minimum atomic E-state index is 0.00144. The SMILES string of the molecule is CC(C)c1ncc2c(=O)n3c(nn12)N(CCc1cccc(Br)c1)CCC3. The molecule has 1 aliphatic rings. The number of fused-ring (bicyclic) bond motifs is 2. The van der Waals surface area contributed by atoms with Crippen LogP contribution in [0.2, 0.25) is 0 Å². The smallest absolute Gasteiger partial charge is 0.280 e. The molecule has 0 aliphatic carbocycles. The maximum atomic E-state index is 12.9. The molecule has 0 N–H and O–H groups in total. The first kappa shape index (κ1) is 17.3. The van der Waals surface area contributed by atoms with Crippen LogP contribution in [-0.4, -0.2) is 32.3 Å². The van der Waals surface area contributed by atoms with Gasteiger partial charge in [0.15, 0.2) is 5.52 Å². The Morgan fingerprint density at radius 2 is 2.12 bits per heavy atom. The van der Waals surface area contributed by atoms with Crippen molar-refractivity contribution in [2.75, 3.05) is 18.0 Å². The van der Waals surface area contributed by atoms with E-state index in [2.05, 4.69) is 57.9 Å². The minimum absolute atomic E-state index is 0.00144. The van der Waals surface area contributed by atoms with E-state index in [9.17, 15) is 4.79 Å². The van der Waals surface area contributed by atoms with E-state index >= 15 is 0 Å². The molecule has 0 saturated carbocycles. The quantitative estimate of drug-likeness (QED) is 0.656. The van der Waals surface area contributed by atoms with Crippen molar-refractivity contribution in [1.29, 1.82) is 0 Å². The number of aromatic nitrogens is 4. The van der Waals surface area contributed by atoms with Gasteiger partial charge in [0.25, 0.3) is 5.56 Å². The van der Waals surface area contributed by atoms with Crippen LogP contribution >= 0.6 is 15.9 Å². The Bertz CT molecular complexity index is 1010. The minimum Gasteiger partial charge on any atom is -0.341 e. The van der Waals surface area contributed by atoms with E-state index in [1.54, 1.807) is 15.3 Å². The zero-order chi connectivity index (χ0) is 18.3. The van der Waals surface area contributed by atoms with Crippen LogP contribution in [0.4, 0.5) is 5.95 Å². The van der Waals surface area contributed by atoms with Gasteiger partial charge < -0.3 is 4.90 Å². The lowest BCUT2D eigenvalue weighted by Gasteiger charge is -2.30. The average molecular weight is 416 g/mol. The first-order valence-corrected chi connectivity index (χ1v) is 9.82. The van der Waals surface area contributed by atoms with Crippen LogP contribution < -0.4 is 10.5 Å². The lowest BCUT2D eigenvalue weighted by molar-refractivity contribution is 0.518. The fourth-order valence-corrected chi connectivity index (χ4v) is 3.95. The predicted octanol–water partition coefficient (Wildman–Crippen LogP) is 3.23. The largest absolute Gasteiger partial charge is 0.341 e. The number of nitrogens with zero attached hydrogens (tertiary/aromatic N) is 5. The van der Waals surface area contributed by atoms with Crippen molar-refractivity contribution in [3.05, 3.63) is 56.7 Å². The molecule has 0 spiro atoms. The normalized spacial score (nSPS) is 14.2. The van der Waals surface area contributed by atoms with Crippen LogP contribution in [0.1, 0.15) is 37.6 Å². The van der Waals surface area contributed by atoms with Crippen LogP contribution in [0.25, 0.3) is 5.52 Å². The summed E-state index contributed by atoms with van der Waals surface area (Å²) in [6, 6.07) is 8.35. The molecule has 0 amide bonds. The monoisotopic (exact) mass is 415 g/mol. The van der Waals surface area contributed by atoms with Gasteiger partial charge in [-0.3, -0.25) is 9.36 Å². The third-order valence-corrected chi connectivity index (χ3v) is 5.32. The van der Waals surface area contributed by atoms with Gasteiger partial charge in [-0.05, 0) is 30.5 Å². The second kappa shape index (κ2) is 6.87. The molecule has 0 radical (unpaired) electrons. The van der Waals surface area contributed by atoms with E-state index in [1.807, 2.05) is 6.07 Å². The maximum Gasteiger partial charge on any atom is 0.280 e. The van der Waals surface area contributed by atoms with Crippen molar-refractivity contribution in [3.8, 4) is 0 Å². The molecule has 3 aromatic rings. The number of rotatable bonds is 4. The Morgan fingerprint density at radius 1 is 1.27 bits per heavy atom. The summed E-state index contributed by atoms with van der Waals surface area (Å²) in [4.78, 5) is 19.5. The molecule has 136 valence electrons.